The van der Waals surface area contributed by atoms with Gasteiger partial charge in [-0.15, -0.1) is 0 Å². The highest BCUT2D eigenvalue weighted by Gasteiger charge is 2.23. The molecule has 0 aliphatic heterocycles. The third kappa shape index (κ3) is 2.30. The number of pyridine rings is 1. The predicted molar refractivity (Wildman–Crippen MR) is 70.4 cm³/mol. The fraction of sp³-hybridized carbons (Fsp3) is 0.0769. The van der Waals surface area contributed by atoms with Crippen molar-refractivity contribution in [1.82, 2.24) is 4.98 Å². The van der Waals surface area contributed by atoms with Gasteiger partial charge < -0.3 is 10.5 Å². The van der Waals surface area contributed by atoms with Crippen LogP contribution in [-0.4, -0.2) is 18.1 Å². The van der Waals surface area contributed by atoms with Crippen molar-refractivity contribution in [3.8, 4) is 11.3 Å². The Kier molecular flexibility index (Phi) is 3.85. The van der Waals surface area contributed by atoms with Crippen LogP contribution < -0.4 is 5.73 Å². The second-order valence-electron chi connectivity index (χ2n) is 3.82. The number of rotatable bonds is 2. The lowest BCUT2D eigenvalue weighted by molar-refractivity contribution is 0.0594. The van der Waals surface area contributed by atoms with Crippen LogP contribution in [0.5, 0.6) is 0 Å². The molecule has 0 atom stereocenters. The number of nitrogens with zero attached hydrogens (tertiary/aromatic N) is 1. The van der Waals surface area contributed by atoms with Crippen LogP contribution in [-0.2, 0) is 4.74 Å². The minimum absolute atomic E-state index is 0.126. The second kappa shape index (κ2) is 5.42. The highest BCUT2D eigenvalue weighted by molar-refractivity contribution is 6.35. The molecule has 0 amide bonds. The van der Waals surface area contributed by atoms with Crippen molar-refractivity contribution in [2.75, 3.05) is 12.8 Å². The van der Waals surface area contributed by atoms with Crippen LogP contribution in [0.3, 0.4) is 0 Å². The summed E-state index contributed by atoms with van der Waals surface area (Å²) < 4.78 is 32.3. The first-order valence-corrected chi connectivity index (χ1v) is 5.82. The van der Waals surface area contributed by atoms with Crippen LogP contribution in [0.25, 0.3) is 11.3 Å². The van der Waals surface area contributed by atoms with Gasteiger partial charge in [0, 0.05) is 5.56 Å². The largest absolute Gasteiger partial charge is 0.464 e. The minimum Gasteiger partial charge on any atom is -0.464 e. The van der Waals surface area contributed by atoms with Crippen molar-refractivity contribution in [1.29, 1.82) is 0 Å². The molecule has 0 aliphatic rings. The SMILES string of the molecule is COC(=O)c1nc(-c2ccccc2F)c(F)c(N)c1Cl. The molecular formula is C13H9ClF2N2O2. The molecule has 0 unspecified atom stereocenters. The molecule has 1 heterocycles. The summed E-state index contributed by atoms with van der Waals surface area (Å²) in [6.45, 7) is 0. The minimum atomic E-state index is -0.993. The number of carbonyl (C=O) groups excluding carboxylic acids is 1. The van der Waals surface area contributed by atoms with E-state index in [9.17, 15) is 13.6 Å². The summed E-state index contributed by atoms with van der Waals surface area (Å²) in [4.78, 5) is 15.3. The summed E-state index contributed by atoms with van der Waals surface area (Å²) in [6.07, 6.45) is 0. The van der Waals surface area contributed by atoms with Crippen LogP contribution in [0.2, 0.25) is 5.02 Å². The Morgan fingerprint density at radius 3 is 2.60 bits per heavy atom. The Balaban J connectivity index is 2.75. The Hall–Kier alpha value is -2.21. The van der Waals surface area contributed by atoms with E-state index in [1.165, 1.54) is 18.2 Å². The van der Waals surface area contributed by atoms with Crippen LogP contribution >= 0.6 is 11.6 Å². The van der Waals surface area contributed by atoms with Gasteiger partial charge in [0.1, 0.15) is 11.5 Å². The monoisotopic (exact) mass is 298 g/mol. The highest BCUT2D eigenvalue weighted by atomic mass is 35.5. The fourth-order valence-corrected chi connectivity index (χ4v) is 1.83. The van der Waals surface area contributed by atoms with Crippen LogP contribution in [0.15, 0.2) is 24.3 Å². The van der Waals surface area contributed by atoms with E-state index in [-0.39, 0.29) is 16.3 Å². The molecule has 0 fully saturated rings. The van der Waals surface area contributed by atoms with E-state index in [4.69, 9.17) is 17.3 Å². The first kappa shape index (κ1) is 14.2. The van der Waals surface area contributed by atoms with E-state index < -0.39 is 29.0 Å². The van der Waals surface area contributed by atoms with Gasteiger partial charge in [0.25, 0.3) is 0 Å². The van der Waals surface area contributed by atoms with Gasteiger partial charge in [0.15, 0.2) is 11.5 Å². The standard InChI is InChI=1S/C13H9ClF2N2O2/c1-20-13(19)12-8(14)10(17)9(16)11(18-12)6-4-2-3-5-7(6)15/h2-5H,1H3,(H2,17,18). The second-order valence-corrected chi connectivity index (χ2v) is 4.20. The number of methoxy groups -OCH3 is 1. The van der Waals surface area contributed by atoms with Crippen molar-refractivity contribution in [3.05, 3.63) is 46.6 Å². The van der Waals surface area contributed by atoms with Crippen molar-refractivity contribution in [2.24, 2.45) is 0 Å². The Morgan fingerprint density at radius 1 is 1.35 bits per heavy atom. The van der Waals surface area contributed by atoms with Crippen molar-refractivity contribution in [3.63, 3.8) is 0 Å². The van der Waals surface area contributed by atoms with Crippen molar-refractivity contribution >= 4 is 23.3 Å². The van der Waals surface area contributed by atoms with Gasteiger partial charge in [0.2, 0.25) is 0 Å². The lowest BCUT2D eigenvalue weighted by atomic mass is 10.1. The van der Waals surface area contributed by atoms with E-state index in [2.05, 4.69) is 9.72 Å². The molecule has 0 saturated heterocycles. The molecular weight excluding hydrogens is 290 g/mol. The zero-order chi connectivity index (χ0) is 14.9. The van der Waals surface area contributed by atoms with Gasteiger partial charge in [-0.2, -0.15) is 0 Å². The molecule has 7 heteroatoms. The van der Waals surface area contributed by atoms with Gasteiger partial charge >= 0.3 is 5.97 Å². The summed E-state index contributed by atoms with van der Waals surface area (Å²) >= 11 is 5.75. The summed E-state index contributed by atoms with van der Waals surface area (Å²) in [5, 5.41) is -0.366. The first-order chi connectivity index (χ1) is 9.47. The molecule has 0 aliphatic carbocycles. The quantitative estimate of drug-likeness (QED) is 0.865. The summed E-state index contributed by atoms with van der Waals surface area (Å²) in [6, 6.07) is 5.40. The zero-order valence-corrected chi connectivity index (χ0v) is 11.0. The summed E-state index contributed by atoms with van der Waals surface area (Å²) in [7, 11) is 1.11. The lowest BCUT2D eigenvalue weighted by Gasteiger charge is -2.10. The summed E-state index contributed by atoms with van der Waals surface area (Å²) in [5.41, 5.74) is 4.11. The molecule has 0 bridgehead atoms. The number of nitrogen functional groups attached to an aromatic ring is 1. The molecule has 0 spiro atoms. The number of hydrogen-bond acceptors (Lipinski definition) is 4. The topological polar surface area (TPSA) is 65.2 Å². The molecule has 0 radical (unpaired) electrons. The number of carbonyl (C=O) groups is 1. The number of ether oxygens (including phenoxy) is 1. The predicted octanol–water partition coefficient (Wildman–Crippen LogP) is 3.05. The number of nitrogens with two attached hydrogens (primary N) is 1. The average Bonchev–Trinajstić information content (AvgIpc) is 2.45. The first-order valence-electron chi connectivity index (χ1n) is 5.45. The third-order valence-electron chi connectivity index (χ3n) is 2.62. The Morgan fingerprint density at radius 2 is 2.00 bits per heavy atom. The number of aromatic nitrogens is 1. The lowest BCUT2D eigenvalue weighted by Crippen LogP contribution is -2.10. The maximum Gasteiger partial charge on any atom is 0.358 e. The van der Waals surface area contributed by atoms with E-state index in [1.54, 1.807) is 0 Å². The highest BCUT2D eigenvalue weighted by Crippen LogP contribution is 2.33. The molecule has 2 aromatic rings. The molecule has 2 rings (SSSR count). The Bertz CT molecular complexity index is 692. The van der Waals surface area contributed by atoms with Crippen molar-refractivity contribution in [2.45, 2.75) is 0 Å². The molecule has 0 saturated carbocycles. The van der Waals surface area contributed by atoms with Crippen LogP contribution in [0, 0.1) is 11.6 Å². The zero-order valence-electron chi connectivity index (χ0n) is 10.3. The van der Waals surface area contributed by atoms with E-state index in [0.29, 0.717) is 0 Å². The average molecular weight is 299 g/mol. The molecule has 2 N–H and O–H groups in total. The number of esters is 1. The maximum absolute atomic E-state index is 14.1. The van der Waals surface area contributed by atoms with Gasteiger partial charge in [-0.3, -0.25) is 0 Å². The van der Waals surface area contributed by atoms with Crippen LogP contribution in [0.4, 0.5) is 14.5 Å². The Labute approximate surface area is 118 Å². The molecule has 1 aromatic heterocycles. The normalized spacial score (nSPS) is 10.4. The van der Waals surface area contributed by atoms with E-state index >= 15 is 0 Å². The van der Waals surface area contributed by atoms with Gasteiger partial charge in [0.05, 0.1) is 17.8 Å². The third-order valence-corrected chi connectivity index (χ3v) is 3.00. The maximum atomic E-state index is 14.1. The van der Waals surface area contributed by atoms with Gasteiger partial charge in [-0.25, -0.2) is 18.6 Å². The molecule has 4 nitrogen and oxygen atoms in total. The molecule has 1 aromatic carbocycles. The van der Waals surface area contributed by atoms with Crippen LogP contribution in [0.1, 0.15) is 10.5 Å². The smallest absolute Gasteiger partial charge is 0.358 e. The number of halogens is 3. The molecule has 104 valence electrons. The van der Waals surface area contributed by atoms with Gasteiger partial charge in [-0.1, -0.05) is 23.7 Å². The number of hydrogen-bond donors (Lipinski definition) is 1. The molecule has 20 heavy (non-hydrogen) atoms. The number of anilines is 1. The van der Waals surface area contributed by atoms with E-state index in [0.717, 1.165) is 13.2 Å². The van der Waals surface area contributed by atoms with Crippen molar-refractivity contribution < 1.29 is 18.3 Å². The van der Waals surface area contributed by atoms with E-state index in [1.807, 2.05) is 0 Å². The summed E-state index contributed by atoms with van der Waals surface area (Å²) in [5.74, 6) is -2.58. The van der Waals surface area contributed by atoms with Gasteiger partial charge in [-0.05, 0) is 12.1 Å². The number of benzene rings is 1. The fourth-order valence-electron chi connectivity index (χ4n) is 1.63.